The number of carbonyl (C=O) groups excluding carboxylic acids is 2. The van der Waals surface area contributed by atoms with E-state index in [4.69, 9.17) is 19.1 Å². The zero-order valence-electron chi connectivity index (χ0n) is 31.8. The van der Waals surface area contributed by atoms with Crippen LogP contribution in [0, 0.1) is 0 Å². The second-order valence-corrected chi connectivity index (χ2v) is 14.4. The zero-order chi connectivity index (χ0) is 37.7. The second kappa shape index (κ2) is 36.3. The van der Waals surface area contributed by atoms with E-state index in [1.165, 1.54) is 51.4 Å². The highest BCUT2D eigenvalue weighted by atomic mass is 31.2. The fourth-order valence-corrected chi connectivity index (χ4v) is 5.78. The van der Waals surface area contributed by atoms with E-state index in [2.05, 4.69) is 42.7 Å². The molecule has 0 aliphatic rings. The quantitative estimate of drug-likeness (QED) is 0.0186. The lowest BCUT2D eigenvalue weighted by molar-refractivity contribution is -0.161. The Labute approximate surface area is 309 Å². The molecule has 0 saturated carbocycles. The summed E-state index contributed by atoms with van der Waals surface area (Å²) in [5, 5.41) is 18.3. The minimum absolute atomic E-state index is 0.159. The van der Waals surface area contributed by atoms with Crippen molar-refractivity contribution in [2.45, 2.75) is 167 Å². The second-order valence-electron chi connectivity index (χ2n) is 13.0. The van der Waals surface area contributed by atoms with E-state index in [-0.39, 0.29) is 19.4 Å². The molecule has 0 heterocycles. The van der Waals surface area contributed by atoms with Crippen LogP contribution >= 0.6 is 7.82 Å². The number of allylic oxidation sites excluding steroid dienone is 8. The van der Waals surface area contributed by atoms with Crippen molar-refractivity contribution in [1.29, 1.82) is 0 Å². The van der Waals surface area contributed by atoms with Gasteiger partial charge < -0.3 is 24.6 Å². The van der Waals surface area contributed by atoms with Gasteiger partial charge in [-0.1, -0.05) is 133 Å². The molecule has 0 bridgehead atoms. The van der Waals surface area contributed by atoms with Gasteiger partial charge in [-0.2, -0.15) is 0 Å². The summed E-state index contributed by atoms with van der Waals surface area (Å²) in [6, 6.07) is 0. The lowest BCUT2D eigenvalue weighted by Gasteiger charge is -2.20. The Bertz CT molecular complexity index is 994. The highest BCUT2D eigenvalue weighted by Crippen LogP contribution is 2.43. The summed E-state index contributed by atoms with van der Waals surface area (Å²) in [4.78, 5) is 34.8. The molecule has 0 fully saturated rings. The smallest absolute Gasteiger partial charge is 0.462 e. The highest BCUT2D eigenvalue weighted by molar-refractivity contribution is 7.47. The van der Waals surface area contributed by atoms with Gasteiger partial charge in [0.25, 0.3) is 0 Å². The molecule has 0 amide bonds. The summed E-state index contributed by atoms with van der Waals surface area (Å²) in [7, 11) is -4.62. The molecular formula is C40H71O10P. The molecule has 2 unspecified atom stereocenters. The van der Waals surface area contributed by atoms with Gasteiger partial charge in [0, 0.05) is 12.8 Å². The molecule has 0 aliphatic carbocycles. The maximum Gasteiger partial charge on any atom is 0.472 e. The summed E-state index contributed by atoms with van der Waals surface area (Å²) in [6.07, 6.45) is 36.5. The number of ether oxygens (including phenoxy) is 2. The third kappa shape index (κ3) is 36.1. The van der Waals surface area contributed by atoms with E-state index in [1.54, 1.807) is 0 Å². The van der Waals surface area contributed by atoms with E-state index in [9.17, 15) is 24.2 Å². The molecule has 3 atom stereocenters. The Kier molecular flexibility index (Phi) is 34.8. The Hall–Kier alpha value is -2.07. The van der Waals surface area contributed by atoms with Crippen molar-refractivity contribution >= 4 is 19.8 Å². The number of hydrogen-bond acceptors (Lipinski definition) is 9. The van der Waals surface area contributed by atoms with E-state index in [0.717, 1.165) is 64.2 Å². The first-order valence-electron chi connectivity index (χ1n) is 19.6. The Morgan fingerprint density at radius 2 is 1.10 bits per heavy atom. The topological polar surface area (TPSA) is 149 Å². The molecule has 0 aliphatic heterocycles. The number of unbranched alkanes of at least 4 members (excludes halogenated alkanes) is 16. The van der Waals surface area contributed by atoms with Crippen LogP contribution in [-0.2, 0) is 32.7 Å². The average Bonchev–Trinajstić information content (AvgIpc) is 3.12. The molecule has 3 N–H and O–H groups in total. The van der Waals surface area contributed by atoms with Crippen molar-refractivity contribution in [2.75, 3.05) is 26.4 Å². The SMILES string of the molecule is CC/C=C/C=C/C=C/CCCCCCCC(=O)OC(COC(=O)CCCCCCCCC/C=C/CCCCCC)COP(=O)(O)OC[C@@H](O)CO. The van der Waals surface area contributed by atoms with Gasteiger partial charge in [-0.25, -0.2) is 4.57 Å². The van der Waals surface area contributed by atoms with Gasteiger partial charge in [0.05, 0.1) is 19.8 Å². The van der Waals surface area contributed by atoms with Crippen molar-refractivity contribution in [1.82, 2.24) is 0 Å². The van der Waals surface area contributed by atoms with Crippen LogP contribution < -0.4 is 0 Å². The molecule has 0 spiro atoms. The van der Waals surface area contributed by atoms with Crippen LogP contribution in [0.25, 0.3) is 0 Å². The first-order chi connectivity index (χ1) is 24.7. The van der Waals surface area contributed by atoms with Gasteiger partial charge in [0.15, 0.2) is 6.10 Å². The van der Waals surface area contributed by atoms with Crippen molar-refractivity contribution in [3.05, 3.63) is 48.6 Å². The number of phosphoric acid groups is 1. The zero-order valence-corrected chi connectivity index (χ0v) is 32.7. The van der Waals surface area contributed by atoms with Gasteiger partial charge >= 0.3 is 19.8 Å². The molecule has 0 aromatic rings. The standard InChI is InChI=1S/C40H71O10P/c1-3-5-7-9-11-13-15-17-18-20-21-23-25-27-29-31-39(43)47-35-38(36-49-51(45,46)48-34-37(42)33-41)50-40(44)32-30-28-26-24-22-19-16-14-12-10-8-6-4-2/h6,8,10,12-16,37-38,41-42H,3-5,7,9,11,17-36H2,1-2H3,(H,45,46)/b8-6+,12-10+,15-13+,16-14+/t37-,38?/m0/s1. The van der Waals surface area contributed by atoms with Gasteiger partial charge in [-0.3, -0.25) is 18.6 Å². The monoisotopic (exact) mass is 742 g/mol. The molecule has 0 aromatic carbocycles. The molecule has 0 aromatic heterocycles. The Morgan fingerprint density at radius 3 is 1.67 bits per heavy atom. The van der Waals surface area contributed by atoms with Crippen molar-refractivity contribution < 1.29 is 47.8 Å². The Balaban J connectivity index is 4.38. The molecule has 0 rings (SSSR count). The van der Waals surface area contributed by atoms with E-state index in [0.29, 0.717) is 12.8 Å². The third-order valence-electron chi connectivity index (χ3n) is 8.03. The summed E-state index contributed by atoms with van der Waals surface area (Å²) in [6.45, 7) is 2.18. The van der Waals surface area contributed by atoms with Gasteiger partial charge in [-0.05, 0) is 57.8 Å². The fourth-order valence-electron chi connectivity index (χ4n) is 4.99. The molecule has 11 heteroatoms. The number of hydrogen-bond donors (Lipinski definition) is 3. The van der Waals surface area contributed by atoms with Gasteiger partial charge in [-0.15, -0.1) is 0 Å². The first-order valence-corrected chi connectivity index (χ1v) is 21.1. The first kappa shape index (κ1) is 48.9. The third-order valence-corrected chi connectivity index (χ3v) is 8.98. The van der Waals surface area contributed by atoms with Crippen LogP contribution in [0.5, 0.6) is 0 Å². The molecule has 0 radical (unpaired) electrons. The van der Waals surface area contributed by atoms with Crippen LogP contribution in [0.3, 0.4) is 0 Å². The van der Waals surface area contributed by atoms with Crippen molar-refractivity contribution in [2.24, 2.45) is 0 Å². The number of esters is 2. The lowest BCUT2D eigenvalue weighted by atomic mass is 10.1. The number of phosphoric ester groups is 1. The van der Waals surface area contributed by atoms with Crippen LogP contribution in [0.4, 0.5) is 0 Å². The van der Waals surface area contributed by atoms with E-state index in [1.807, 2.05) is 24.3 Å². The predicted octanol–water partition coefficient (Wildman–Crippen LogP) is 9.77. The highest BCUT2D eigenvalue weighted by Gasteiger charge is 2.27. The number of carbonyl (C=O) groups is 2. The molecule has 51 heavy (non-hydrogen) atoms. The summed E-state index contributed by atoms with van der Waals surface area (Å²) < 4.78 is 32.6. The van der Waals surface area contributed by atoms with Crippen molar-refractivity contribution in [3.8, 4) is 0 Å². The summed E-state index contributed by atoms with van der Waals surface area (Å²) >= 11 is 0. The molecular weight excluding hydrogens is 671 g/mol. The van der Waals surface area contributed by atoms with Crippen LogP contribution in [0.15, 0.2) is 48.6 Å². The maximum absolute atomic E-state index is 12.5. The van der Waals surface area contributed by atoms with Crippen LogP contribution in [0.2, 0.25) is 0 Å². The van der Waals surface area contributed by atoms with Crippen LogP contribution in [0.1, 0.15) is 155 Å². The maximum atomic E-state index is 12.5. The molecule has 10 nitrogen and oxygen atoms in total. The van der Waals surface area contributed by atoms with Crippen molar-refractivity contribution in [3.63, 3.8) is 0 Å². The Morgan fingerprint density at radius 1 is 0.608 bits per heavy atom. The molecule has 296 valence electrons. The minimum Gasteiger partial charge on any atom is -0.462 e. The number of aliphatic hydroxyl groups is 2. The van der Waals surface area contributed by atoms with Gasteiger partial charge in [0.1, 0.15) is 12.7 Å². The number of aliphatic hydroxyl groups excluding tert-OH is 2. The van der Waals surface area contributed by atoms with E-state index >= 15 is 0 Å². The summed E-state index contributed by atoms with van der Waals surface area (Å²) in [5.41, 5.74) is 0. The minimum atomic E-state index is -4.62. The van der Waals surface area contributed by atoms with E-state index < -0.39 is 51.8 Å². The fraction of sp³-hybridized carbons (Fsp3) is 0.750. The average molecular weight is 743 g/mol. The number of rotatable bonds is 36. The van der Waals surface area contributed by atoms with Crippen LogP contribution in [-0.4, -0.2) is 65.7 Å². The largest absolute Gasteiger partial charge is 0.472 e. The predicted molar refractivity (Wildman–Crippen MR) is 205 cm³/mol. The lowest BCUT2D eigenvalue weighted by Crippen LogP contribution is -2.29. The van der Waals surface area contributed by atoms with Gasteiger partial charge in [0.2, 0.25) is 0 Å². The summed E-state index contributed by atoms with van der Waals surface area (Å²) in [5.74, 6) is -0.958. The normalized spacial score (nSPS) is 14.5. The molecule has 0 saturated heterocycles.